The van der Waals surface area contributed by atoms with Crippen molar-refractivity contribution in [3.8, 4) is 0 Å². The van der Waals surface area contributed by atoms with E-state index in [2.05, 4.69) is 10.3 Å². The summed E-state index contributed by atoms with van der Waals surface area (Å²) in [6.45, 7) is 0.255. The lowest BCUT2D eigenvalue weighted by Gasteiger charge is -2.11. The molecule has 0 aliphatic heterocycles. The summed E-state index contributed by atoms with van der Waals surface area (Å²) in [6.07, 6.45) is -0.750. The standard InChI is InChI=1S/C14H15ClN2O3/c1-20-8-9(18)7-16-14(19)13-6-11(15)10-4-2-3-5-12(10)17-13/h2-6,9,18H,7-8H2,1H3,(H,16,19). The van der Waals surface area contributed by atoms with Gasteiger partial charge < -0.3 is 15.2 Å². The number of nitrogens with one attached hydrogen (secondary N) is 1. The maximum atomic E-state index is 12.0. The van der Waals surface area contributed by atoms with Crippen LogP contribution in [0.5, 0.6) is 0 Å². The van der Waals surface area contributed by atoms with Gasteiger partial charge in [0.1, 0.15) is 5.69 Å². The molecule has 1 heterocycles. The Kier molecular flexibility index (Phi) is 4.89. The second-order valence-electron chi connectivity index (χ2n) is 4.33. The molecule has 0 spiro atoms. The molecule has 0 aliphatic rings. The lowest BCUT2D eigenvalue weighted by atomic mass is 10.2. The topological polar surface area (TPSA) is 71.5 Å². The van der Waals surface area contributed by atoms with E-state index in [-0.39, 0.29) is 24.8 Å². The fraction of sp³-hybridized carbons (Fsp3) is 0.286. The molecule has 2 rings (SSSR count). The molecule has 0 aliphatic carbocycles. The summed E-state index contributed by atoms with van der Waals surface area (Å²) in [5.41, 5.74) is 0.876. The summed E-state index contributed by atoms with van der Waals surface area (Å²) >= 11 is 6.13. The molecule has 2 aromatic rings. The van der Waals surface area contributed by atoms with Crippen molar-refractivity contribution in [1.29, 1.82) is 0 Å². The van der Waals surface area contributed by atoms with Crippen molar-refractivity contribution >= 4 is 28.4 Å². The molecular formula is C14H15ClN2O3. The highest BCUT2D eigenvalue weighted by atomic mass is 35.5. The number of hydrogen-bond acceptors (Lipinski definition) is 4. The number of carbonyl (C=O) groups is 1. The number of aliphatic hydroxyl groups excluding tert-OH is 1. The van der Waals surface area contributed by atoms with Gasteiger partial charge in [-0.1, -0.05) is 29.8 Å². The summed E-state index contributed by atoms with van der Waals surface area (Å²) in [5, 5.41) is 13.3. The molecule has 20 heavy (non-hydrogen) atoms. The van der Waals surface area contributed by atoms with E-state index in [0.29, 0.717) is 10.5 Å². The van der Waals surface area contributed by atoms with Gasteiger partial charge in [-0.25, -0.2) is 4.98 Å². The van der Waals surface area contributed by atoms with E-state index in [0.717, 1.165) is 5.39 Å². The van der Waals surface area contributed by atoms with Crippen LogP contribution in [0.4, 0.5) is 0 Å². The Hall–Kier alpha value is -1.69. The molecule has 0 radical (unpaired) electrons. The number of aromatic nitrogens is 1. The van der Waals surface area contributed by atoms with Crippen LogP contribution in [-0.4, -0.2) is 42.4 Å². The van der Waals surface area contributed by atoms with Gasteiger partial charge in [0.05, 0.1) is 23.3 Å². The highest BCUT2D eigenvalue weighted by molar-refractivity contribution is 6.35. The first-order valence-corrected chi connectivity index (χ1v) is 6.50. The SMILES string of the molecule is COCC(O)CNC(=O)c1cc(Cl)c2ccccc2n1. The first-order valence-electron chi connectivity index (χ1n) is 6.12. The first kappa shape index (κ1) is 14.7. The van der Waals surface area contributed by atoms with Crippen LogP contribution in [0, 0.1) is 0 Å². The van der Waals surface area contributed by atoms with Crippen LogP contribution in [0.15, 0.2) is 30.3 Å². The van der Waals surface area contributed by atoms with Crippen LogP contribution in [0.25, 0.3) is 10.9 Å². The van der Waals surface area contributed by atoms with Gasteiger partial charge in [-0.05, 0) is 12.1 Å². The fourth-order valence-electron chi connectivity index (χ4n) is 1.80. The van der Waals surface area contributed by atoms with Crippen LogP contribution < -0.4 is 5.32 Å². The van der Waals surface area contributed by atoms with E-state index in [1.165, 1.54) is 13.2 Å². The van der Waals surface area contributed by atoms with Crippen molar-refractivity contribution in [3.63, 3.8) is 0 Å². The number of hydrogen-bond donors (Lipinski definition) is 2. The number of aliphatic hydroxyl groups is 1. The lowest BCUT2D eigenvalue weighted by molar-refractivity contribution is 0.0608. The first-order chi connectivity index (χ1) is 9.61. The quantitative estimate of drug-likeness (QED) is 0.879. The molecule has 0 bridgehead atoms. The Morgan fingerprint density at radius 3 is 3.00 bits per heavy atom. The monoisotopic (exact) mass is 294 g/mol. The van der Waals surface area contributed by atoms with E-state index in [9.17, 15) is 9.90 Å². The zero-order valence-corrected chi connectivity index (χ0v) is 11.7. The number of fused-ring (bicyclic) bond motifs is 1. The molecule has 0 fully saturated rings. The van der Waals surface area contributed by atoms with Gasteiger partial charge in [-0.3, -0.25) is 4.79 Å². The van der Waals surface area contributed by atoms with Crippen LogP contribution in [0.3, 0.4) is 0 Å². The Morgan fingerprint density at radius 2 is 2.25 bits per heavy atom. The van der Waals surface area contributed by atoms with Gasteiger partial charge in [-0.15, -0.1) is 0 Å². The maximum absolute atomic E-state index is 12.0. The van der Waals surface area contributed by atoms with E-state index in [4.69, 9.17) is 16.3 Å². The number of carbonyl (C=O) groups excluding carboxylic acids is 1. The number of nitrogens with zero attached hydrogens (tertiary/aromatic N) is 1. The predicted molar refractivity (Wildman–Crippen MR) is 77.0 cm³/mol. The zero-order chi connectivity index (χ0) is 14.5. The van der Waals surface area contributed by atoms with Crippen molar-refractivity contribution in [2.24, 2.45) is 0 Å². The van der Waals surface area contributed by atoms with Crippen molar-refractivity contribution in [3.05, 3.63) is 41.0 Å². The van der Waals surface area contributed by atoms with Crippen LogP contribution in [0.2, 0.25) is 5.02 Å². The summed E-state index contributed by atoms with van der Waals surface area (Å²) in [4.78, 5) is 16.2. The number of methoxy groups -OCH3 is 1. The third-order valence-corrected chi connectivity index (χ3v) is 3.07. The van der Waals surface area contributed by atoms with Gasteiger partial charge in [0.25, 0.3) is 5.91 Å². The minimum absolute atomic E-state index is 0.0960. The van der Waals surface area contributed by atoms with E-state index in [1.807, 2.05) is 18.2 Å². The normalized spacial score (nSPS) is 12.3. The number of pyridine rings is 1. The largest absolute Gasteiger partial charge is 0.389 e. The molecule has 106 valence electrons. The average Bonchev–Trinajstić information content (AvgIpc) is 2.45. The second kappa shape index (κ2) is 6.65. The fourth-order valence-corrected chi connectivity index (χ4v) is 2.06. The van der Waals surface area contributed by atoms with Gasteiger partial charge in [0.2, 0.25) is 0 Å². The molecule has 1 atom stereocenters. The Labute approximate surface area is 121 Å². The van der Waals surface area contributed by atoms with Gasteiger partial charge in [0, 0.05) is 19.0 Å². The molecule has 0 saturated carbocycles. The molecule has 2 N–H and O–H groups in total. The molecule has 6 heteroatoms. The number of amides is 1. The second-order valence-corrected chi connectivity index (χ2v) is 4.73. The maximum Gasteiger partial charge on any atom is 0.270 e. The molecule has 5 nitrogen and oxygen atoms in total. The van der Waals surface area contributed by atoms with Crippen molar-refractivity contribution in [2.45, 2.75) is 6.10 Å². The smallest absolute Gasteiger partial charge is 0.270 e. The minimum Gasteiger partial charge on any atom is -0.389 e. The van der Waals surface area contributed by atoms with Gasteiger partial charge in [0.15, 0.2) is 0 Å². The molecule has 1 amide bonds. The summed E-state index contributed by atoms with van der Waals surface area (Å²) in [5.74, 6) is -0.382. The van der Waals surface area contributed by atoms with E-state index < -0.39 is 6.10 Å². The lowest BCUT2D eigenvalue weighted by Crippen LogP contribution is -2.34. The van der Waals surface area contributed by atoms with Gasteiger partial charge >= 0.3 is 0 Å². The summed E-state index contributed by atoms with van der Waals surface area (Å²) in [7, 11) is 1.48. The molecule has 1 unspecified atom stereocenters. The van der Waals surface area contributed by atoms with Crippen molar-refractivity contribution in [2.75, 3.05) is 20.3 Å². The number of rotatable bonds is 5. The molecule has 1 aromatic carbocycles. The highest BCUT2D eigenvalue weighted by Crippen LogP contribution is 2.22. The van der Waals surface area contributed by atoms with Crippen LogP contribution in [-0.2, 0) is 4.74 Å². The number of benzene rings is 1. The van der Waals surface area contributed by atoms with Crippen LogP contribution in [0.1, 0.15) is 10.5 Å². The Morgan fingerprint density at radius 1 is 1.50 bits per heavy atom. The molecule has 0 saturated heterocycles. The summed E-state index contributed by atoms with van der Waals surface area (Å²) in [6, 6.07) is 8.83. The molecular weight excluding hydrogens is 280 g/mol. The average molecular weight is 295 g/mol. The number of ether oxygens (including phenoxy) is 1. The van der Waals surface area contributed by atoms with E-state index in [1.54, 1.807) is 6.07 Å². The van der Waals surface area contributed by atoms with Crippen LogP contribution >= 0.6 is 11.6 Å². The molecule has 1 aromatic heterocycles. The van der Waals surface area contributed by atoms with Crippen molar-refractivity contribution in [1.82, 2.24) is 10.3 Å². The number of halogens is 1. The third-order valence-electron chi connectivity index (χ3n) is 2.76. The highest BCUT2D eigenvalue weighted by Gasteiger charge is 2.12. The number of para-hydroxylation sites is 1. The Balaban J connectivity index is 2.14. The zero-order valence-electron chi connectivity index (χ0n) is 11.0. The minimum atomic E-state index is -0.750. The van der Waals surface area contributed by atoms with E-state index >= 15 is 0 Å². The van der Waals surface area contributed by atoms with Gasteiger partial charge in [-0.2, -0.15) is 0 Å². The third kappa shape index (κ3) is 3.45. The predicted octanol–water partition coefficient (Wildman–Crippen LogP) is 1.63. The Bertz CT molecular complexity index is 618. The summed E-state index contributed by atoms with van der Waals surface area (Å²) < 4.78 is 4.78. The van der Waals surface area contributed by atoms with Crippen molar-refractivity contribution < 1.29 is 14.6 Å².